The number of ketones is 1. The van der Waals surface area contributed by atoms with E-state index in [4.69, 9.17) is 9.47 Å². The number of Topliss-reactive ketones (excluding diaryl/α,β-unsaturated/α-hetero) is 1. The van der Waals surface area contributed by atoms with Gasteiger partial charge in [-0.05, 0) is 50.5 Å². The summed E-state index contributed by atoms with van der Waals surface area (Å²) in [5.74, 6) is 2.01. The van der Waals surface area contributed by atoms with E-state index in [2.05, 4.69) is 4.90 Å². The number of piperidine rings is 3. The van der Waals surface area contributed by atoms with Gasteiger partial charge in [-0.1, -0.05) is 6.07 Å². The summed E-state index contributed by atoms with van der Waals surface area (Å²) < 4.78 is 11.2. The monoisotopic (exact) mass is 301 g/mol. The van der Waals surface area contributed by atoms with Crippen LogP contribution in [0.4, 0.5) is 0 Å². The summed E-state index contributed by atoms with van der Waals surface area (Å²) in [6.07, 6.45) is 4.00. The van der Waals surface area contributed by atoms with Crippen molar-refractivity contribution in [2.24, 2.45) is 5.92 Å². The maximum atomic E-state index is 12.4. The Balaban J connectivity index is 1.90. The maximum Gasteiger partial charge on any atom is 0.182 e. The molecule has 0 radical (unpaired) electrons. The van der Waals surface area contributed by atoms with Crippen LogP contribution in [0.1, 0.15) is 32.3 Å². The molecule has 1 aromatic rings. The summed E-state index contributed by atoms with van der Waals surface area (Å²) in [6.45, 7) is 7.10. The van der Waals surface area contributed by atoms with Crippen molar-refractivity contribution in [1.82, 2.24) is 4.90 Å². The van der Waals surface area contributed by atoms with Gasteiger partial charge in [-0.3, -0.25) is 4.79 Å². The first-order chi connectivity index (χ1) is 10.7. The lowest BCUT2D eigenvalue weighted by atomic mass is 9.84. The van der Waals surface area contributed by atoms with Gasteiger partial charge in [0.1, 0.15) is 0 Å². The Morgan fingerprint density at radius 2 is 1.82 bits per heavy atom. The number of hydrogen-bond donors (Lipinski definition) is 0. The molecule has 3 aliphatic heterocycles. The third kappa shape index (κ3) is 2.82. The predicted molar refractivity (Wildman–Crippen MR) is 86.1 cm³/mol. The standard InChI is InChI=1S/C18H23NO3/c1-3-21-16-6-5-13(12-17(16)22-4-2)11-15-18(20)14-7-9-19(15)10-8-14/h5-6,11-12,14H,3-4,7-10H2,1-2H3. The lowest BCUT2D eigenvalue weighted by molar-refractivity contribution is -0.125. The smallest absolute Gasteiger partial charge is 0.182 e. The normalized spacial score (nSPS) is 19.8. The van der Waals surface area contributed by atoms with E-state index in [1.54, 1.807) is 0 Å². The quantitative estimate of drug-likeness (QED) is 0.783. The van der Waals surface area contributed by atoms with Crippen molar-refractivity contribution in [3.63, 3.8) is 0 Å². The first kappa shape index (κ1) is 14.9. The number of hydrogen-bond acceptors (Lipinski definition) is 4. The van der Waals surface area contributed by atoms with Gasteiger partial charge in [0.25, 0.3) is 0 Å². The van der Waals surface area contributed by atoms with E-state index in [1.165, 1.54) is 0 Å². The SMILES string of the molecule is CCOc1ccc(C=C2C(=O)C3CCN2CC3)cc1OCC. The third-order valence-corrected chi connectivity index (χ3v) is 4.33. The minimum Gasteiger partial charge on any atom is -0.490 e. The van der Waals surface area contributed by atoms with Crippen molar-refractivity contribution in [1.29, 1.82) is 0 Å². The molecule has 1 aromatic carbocycles. The zero-order chi connectivity index (χ0) is 15.5. The second-order valence-corrected chi connectivity index (χ2v) is 5.73. The van der Waals surface area contributed by atoms with Crippen molar-refractivity contribution in [2.75, 3.05) is 26.3 Å². The molecule has 4 heteroatoms. The van der Waals surface area contributed by atoms with Crippen molar-refractivity contribution in [3.05, 3.63) is 29.5 Å². The van der Waals surface area contributed by atoms with Crippen LogP contribution in [0.25, 0.3) is 6.08 Å². The molecular formula is C18H23NO3. The second kappa shape index (κ2) is 6.42. The molecule has 4 rings (SSSR count). The molecule has 118 valence electrons. The fourth-order valence-corrected chi connectivity index (χ4v) is 3.23. The number of carbonyl (C=O) groups is 1. The summed E-state index contributed by atoms with van der Waals surface area (Å²) >= 11 is 0. The zero-order valence-corrected chi connectivity index (χ0v) is 13.3. The molecule has 3 fully saturated rings. The van der Waals surface area contributed by atoms with Gasteiger partial charge >= 0.3 is 0 Å². The van der Waals surface area contributed by atoms with Crippen LogP contribution in [0.3, 0.4) is 0 Å². The van der Waals surface area contributed by atoms with Gasteiger partial charge in [-0.25, -0.2) is 0 Å². The van der Waals surface area contributed by atoms with Crippen molar-refractivity contribution in [2.45, 2.75) is 26.7 Å². The van der Waals surface area contributed by atoms with Crippen LogP contribution >= 0.6 is 0 Å². The highest BCUT2D eigenvalue weighted by atomic mass is 16.5. The molecule has 2 bridgehead atoms. The van der Waals surface area contributed by atoms with E-state index >= 15 is 0 Å². The van der Waals surface area contributed by atoms with Gasteiger partial charge in [0.2, 0.25) is 0 Å². The molecule has 0 unspecified atom stereocenters. The molecule has 4 nitrogen and oxygen atoms in total. The highest BCUT2D eigenvalue weighted by molar-refractivity contribution is 6.01. The minimum absolute atomic E-state index is 0.227. The molecule has 0 amide bonds. The van der Waals surface area contributed by atoms with Gasteiger partial charge in [0, 0.05) is 19.0 Å². The van der Waals surface area contributed by atoms with Crippen molar-refractivity contribution in [3.8, 4) is 11.5 Å². The van der Waals surface area contributed by atoms with Crippen LogP contribution in [-0.4, -0.2) is 37.0 Å². The molecule has 0 atom stereocenters. The van der Waals surface area contributed by atoms with Crippen LogP contribution in [0.5, 0.6) is 11.5 Å². The van der Waals surface area contributed by atoms with Crippen LogP contribution in [-0.2, 0) is 4.79 Å². The molecule has 0 N–H and O–H groups in total. The number of rotatable bonds is 5. The summed E-state index contributed by atoms with van der Waals surface area (Å²) in [7, 11) is 0. The predicted octanol–water partition coefficient (Wildman–Crippen LogP) is 3.12. The van der Waals surface area contributed by atoms with Gasteiger partial charge in [-0.2, -0.15) is 0 Å². The van der Waals surface area contributed by atoms with E-state index in [0.717, 1.165) is 48.7 Å². The van der Waals surface area contributed by atoms with Gasteiger partial charge < -0.3 is 14.4 Å². The Labute approximate surface area is 131 Å². The van der Waals surface area contributed by atoms with Crippen molar-refractivity contribution < 1.29 is 14.3 Å². The Morgan fingerprint density at radius 1 is 1.14 bits per heavy atom. The Hall–Kier alpha value is -1.97. The Bertz CT molecular complexity index is 586. The maximum absolute atomic E-state index is 12.4. The highest BCUT2D eigenvalue weighted by Gasteiger charge is 2.36. The lowest BCUT2D eigenvalue weighted by Gasteiger charge is -2.41. The molecule has 22 heavy (non-hydrogen) atoms. The molecule has 3 saturated heterocycles. The topological polar surface area (TPSA) is 38.8 Å². The average Bonchev–Trinajstić information content (AvgIpc) is 2.54. The van der Waals surface area contributed by atoms with Gasteiger partial charge in [-0.15, -0.1) is 0 Å². The minimum atomic E-state index is 0.227. The van der Waals surface area contributed by atoms with E-state index in [1.807, 2.05) is 38.1 Å². The van der Waals surface area contributed by atoms with Crippen LogP contribution in [0, 0.1) is 5.92 Å². The zero-order valence-electron chi connectivity index (χ0n) is 13.3. The molecule has 3 heterocycles. The van der Waals surface area contributed by atoms with Gasteiger partial charge in [0.15, 0.2) is 17.3 Å². The van der Waals surface area contributed by atoms with E-state index in [0.29, 0.717) is 19.0 Å². The third-order valence-electron chi connectivity index (χ3n) is 4.33. The number of carbonyl (C=O) groups excluding carboxylic acids is 1. The molecular weight excluding hydrogens is 278 g/mol. The second-order valence-electron chi connectivity index (χ2n) is 5.73. The first-order valence-corrected chi connectivity index (χ1v) is 8.13. The fraction of sp³-hybridized carbons (Fsp3) is 0.500. The fourth-order valence-electron chi connectivity index (χ4n) is 3.23. The molecule has 0 aliphatic carbocycles. The summed E-state index contributed by atoms with van der Waals surface area (Å²) in [5, 5.41) is 0. The van der Waals surface area contributed by atoms with Gasteiger partial charge in [0.05, 0.1) is 18.9 Å². The largest absolute Gasteiger partial charge is 0.490 e. The average molecular weight is 301 g/mol. The van der Waals surface area contributed by atoms with Crippen LogP contribution in [0.2, 0.25) is 0 Å². The Kier molecular flexibility index (Phi) is 4.36. The van der Waals surface area contributed by atoms with E-state index in [-0.39, 0.29) is 5.92 Å². The van der Waals surface area contributed by atoms with Crippen molar-refractivity contribution >= 4 is 11.9 Å². The highest BCUT2D eigenvalue weighted by Crippen LogP contribution is 2.34. The number of allylic oxidation sites excluding steroid dienone is 1. The molecule has 0 aromatic heterocycles. The molecule has 0 saturated carbocycles. The summed E-state index contributed by atoms with van der Waals surface area (Å²) in [6, 6.07) is 5.86. The van der Waals surface area contributed by atoms with E-state index < -0.39 is 0 Å². The molecule has 3 aliphatic rings. The lowest BCUT2D eigenvalue weighted by Crippen LogP contribution is -2.45. The number of fused-ring (bicyclic) bond motifs is 3. The summed E-state index contributed by atoms with van der Waals surface area (Å²) in [4.78, 5) is 14.6. The number of nitrogens with zero attached hydrogens (tertiary/aromatic N) is 1. The summed E-state index contributed by atoms with van der Waals surface area (Å²) in [5.41, 5.74) is 1.84. The van der Waals surface area contributed by atoms with Crippen LogP contribution in [0.15, 0.2) is 23.9 Å². The Morgan fingerprint density at radius 3 is 2.45 bits per heavy atom. The molecule has 0 spiro atoms. The number of ether oxygens (including phenoxy) is 2. The number of benzene rings is 1. The van der Waals surface area contributed by atoms with E-state index in [9.17, 15) is 4.79 Å². The first-order valence-electron chi connectivity index (χ1n) is 8.13. The van der Waals surface area contributed by atoms with Crippen LogP contribution < -0.4 is 9.47 Å².